The summed E-state index contributed by atoms with van der Waals surface area (Å²) in [6.45, 7) is 0. The Morgan fingerprint density at radius 2 is 0.944 bits per heavy atom. The molecule has 0 saturated carbocycles. The maximum Gasteiger partial charge on any atom is 0.275 e. The van der Waals surface area contributed by atoms with Gasteiger partial charge in [-0.2, -0.15) is 10.5 Å². The van der Waals surface area contributed by atoms with Crippen molar-refractivity contribution >= 4 is 57.8 Å². The van der Waals surface area contributed by atoms with Crippen molar-refractivity contribution in [1.82, 2.24) is 0 Å². The van der Waals surface area contributed by atoms with Crippen LogP contribution in [0.4, 0.5) is 11.4 Å². The lowest BCUT2D eigenvalue weighted by molar-refractivity contribution is -0.385. The van der Waals surface area contributed by atoms with E-state index in [1.165, 1.54) is 24.3 Å². The van der Waals surface area contributed by atoms with Crippen LogP contribution in [0.15, 0.2) is 60.7 Å². The molecule has 0 radical (unpaired) electrons. The first kappa shape index (κ1) is 27.2. The van der Waals surface area contributed by atoms with E-state index in [-0.39, 0.29) is 33.6 Å². The number of alkyl halides is 4. The first-order valence-electron chi connectivity index (χ1n) is 10.1. The SMILES string of the molecule is N#Cc1ccc([C@H](Cl)[C@H](Cl)c2ccc([C@H](Cl)[C@@H](Cl)c3ccc(C#N)cc3[N+](=O)[O-])cc2)c([N+](=O)[O-])c1. The summed E-state index contributed by atoms with van der Waals surface area (Å²) in [7, 11) is 0. The largest absolute Gasteiger partial charge is 0.275 e. The van der Waals surface area contributed by atoms with Crippen LogP contribution >= 0.6 is 46.4 Å². The first-order valence-corrected chi connectivity index (χ1v) is 11.9. The minimum atomic E-state index is -0.987. The predicted molar refractivity (Wildman–Crippen MR) is 136 cm³/mol. The van der Waals surface area contributed by atoms with Crippen molar-refractivity contribution in [3.63, 3.8) is 0 Å². The Morgan fingerprint density at radius 1 is 0.611 bits per heavy atom. The second kappa shape index (κ2) is 11.6. The molecule has 0 unspecified atom stereocenters. The monoisotopic (exact) mass is 562 g/mol. The average molecular weight is 564 g/mol. The zero-order valence-corrected chi connectivity index (χ0v) is 21.0. The fourth-order valence-corrected chi connectivity index (χ4v) is 4.75. The molecule has 0 aliphatic heterocycles. The molecule has 0 aliphatic rings. The number of nitrogens with zero attached hydrogens (tertiary/aromatic N) is 4. The van der Waals surface area contributed by atoms with Crippen molar-refractivity contribution in [3.05, 3.63) is 114 Å². The summed E-state index contributed by atoms with van der Waals surface area (Å²) in [6, 6.07) is 18.1. The fourth-order valence-electron chi connectivity index (χ4n) is 3.53. The first-order chi connectivity index (χ1) is 17.1. The Balaban J connectivity index is 1.85. The number of halogens is 4. The standard InChI is InChI=1S/C24H14Cl4N4O4/c25-21(23(27)17-7-1-13(11-29)9-19(17)31(33)34)15-3-5-16(6-4-15)22(26)24(28)18-8-2-14(12-30)10-20(18)32(35)36/h1-10,21-24H/t21-,22+,23-,24-/m0/s1. The van der Waals surface area contributed by atoms with Crippen LogP contribution in [0, 0.1) is 42.9 Å². The zero-order valence-electron chi connectivity index (χ0n) is 18.0. The van der Waals surface area contributed by atoms with Crippen LogP contribution in [0.2, 0.25) is 0 Å². The van der Waals surface area contributed by atoms with Crippen LogP contribution in [0.3, 0.4) is 0 Å². The maximum absolute atomic E-state index is 11.5. The van der Waals surface area contributed by atoms with Gasteiger partial charge < -0.3 is 0 Å². The summed E-state index contributed by atoms with van der Waals surface area (Å²) in [6.07, 6.45) is 0. The number of rotatable bonds is 8. The van der Waals surface area contributed by atoms with E-state index in [1.54, 1.807) is 24.3 Å². The topological polar surface area (TPSA) is 134 Å². The highest BCUT2D eigenvalue weighted by molar-refractivity contribution is 6.31. The molecule has 0 N–H and O–H groups in total. The lowest BCUT2D eigenvalue weighted by atomic mass is 9.97. The van der Waals surface area contributed by atoms with Crippen LogP contribution in [0.5, 0.6) is 0 Å². The molecule has 8 nitrogen and oxygen atoms in total. The van der Waals surface area contributed by atoms with Crippen LogP contribution in [0.25, 0.3) is 0 Å². The highest BCUT2D eigenvalue weighted by atomic mass is 35.5. The molecule has 0 spiro atoms. The Bertz CT molecular complexity index is 1300. The van der Waals surface area contributed by atoms with Crippen LogP contribution in [-0.4, -0.2) is 9.85 Å². The zero-order chi connectivity index (χ0) is 26.6. The quantitative estimate of drug-likeness (QED) is 0.156. The molecule has 3 aromatic rings. The molecule has 0 aromatic heterocycles. The van der Waals surface area contributed by atoms with Gasteiger partial charge in [-0.1, -0.05) is 24.3 Å². The van der Waals surface area contributed by atoms with Gasteiger partial charge in [-0.3, -0.25) is 20.2 Å². The molecular formula is C24H14Cl4N4O4. The van der Waals surface area contributed by atoms with Gasteiger partial charge >= 0.3 is 0 Å². The van der Waals surface area contributed by atoms with E-state index in [4.69, 9.17) is 56.9 Å². The van der Waals surface area contributed by atoms with Crippen LogP contribution < -0.4 is 0 Å². The summed E-state index contributed by atoms with van der Waals surface area (Å²) < 4.78 is 0. The molecule has 12 heteroatoms. The van der Waals surface area contributed by atoms with Crippen molar-refractivity contribution in [2.75, 3.05) is 0 Å². The summed E-state index contributed by atoms with van der Waals surface area (Å²) in [5.74, 6) is 0. The molecule has 0 heterocycles. The number of nitro benzene ring substituents is 2. The Hall–Kier alpha value is -3.40. The van der Waals surface area contributed by atoms with Gasteiger partial charge in [0.2, 0.25) is 0 Å². The number of nitriles is 2. The van der Waals surface area contributed by atoms with Crippen LogP contribution in [0.1, 0.15) is 54.9 Å². The van der Waals surface area contributed by atoms with Crippen LogP contribution in [-0.2, 0) is 0 Å². The molecule has 0 aliphatic carbocycles. The van der Waals surface area contributed by atoms with Gasteiger partial charge in [0.05, 0.1) is 54.6 Å². The van der Waals surface area contributed by atoms with E-state index in [0.717, 1.165) is 12.1 Å². The lowest BCUT2D eigenvalue weighted by Gasteiger charge is -2.20. The summed E-state index contributed by atoms with van der Waals surface area (Å²) in [4.78, 5) is 21.7. The Morgan fingerprint density at radius 3 is 1.22 bits per heavy atom. The normalized spacial score (nSPS) is 14.1. The highest BCUT2D eigenvalue weighted by Crippen LogP contribution is 2.45. The van der Waals surface area contributed by atoms with E-state index < -0.39 is 31.4 Å². The highest BCUT2D eigenvalue weighted by Gasteiger charge is 2.30. The van der Waals surface area contributed by atoms with Gasteiger partial charge in [-0.25, -0.2) is 0 Å². The van der Waals surface area contributed by atoms with Gasteiger partial charge in [0.1, 0.15) is 0 Å². The van der Waals surface area contributed by atoms with Gasteiger partial charge in [-0.05, 0) is 35.4 Å². The van der Waals surface area contributed by atoms with Gasteiger partial charge in [-0.15, -0.1) is 46.4 Å². The van der Waals surface area contributed by atoms with E-state index >= 15 is 0 Å². The molecule has 36 heavy (non-hydrogen) atoms. The van der Waals surface area contributed by atoms with Gasteiger partial charge in [0, 0.05) is 23.3 Å². The molecule has 0 amide bonds. The number of benzene rings is 3. The third kappa shape index (κ3) is 5.70. The van der Waals surface area contributed by atoms with Crippen molar-refractivity contribution in [2.45, 2.75) is 21.5 Å². The average Bonchev–Trinajstić information content (AvgIpc) is 2.90. The number of hydrogen-bond donors (Lipinski definition) is 0. The van der Waals surface area contributed by atoms with Crippen molar-refractivity contribution in [2.24, 2.45) is 0 Å². The van der Waals surface area contributed by atoms with Crippen molar-refractivity contribution in [1.29, 1.82) is 10.5 Å². The van der Waals surface area contributed by atoms with Crippen molar-refractivity contribution in [3.8, 4) is 12.1 Å². The van der Waals surface area contributed by atoms with E-state index in [0.29, 0.717) is 11.1 Å². The molecule has 0 saturated heterocycles. The fraction of sp³-hybridized carbons (Fsp3) is 0.167. The molecule has 0 fully saturated rings. The molecule has 3 rings (SSSR count). The predicted octanol–water partition coefficient (Wildman–Crippen LogP) is 7.77. The summed E-state index contributed by atoms with van der Waals surface area (Å²) in [5.41, 5.74) is 1.02. The van der Waals surface area contributed by atoms with E-state index in [1.807, 2.05) is 12.1 Å². The van der Waals surface area contributed by atoms with Gasteiger partial charge in [0.25, 0.3) is 11.4 Å². The van der Waals surface area contributed by atoms with E-state index in [9.17, 15) is 20.2 Å². The Kier molecular flexibility index (Phi) is 8.73. The third-order valence-corrected chi connectivity index (χ3v) is 7.63. The van der Waals surface area contributed by atoms with E-state index in [2.05, 4.69) is 0 Å². The molecule has 3 aromatic carbocycles. The summed E-state index contributed by atoms with van der Waals surface area (Å²) in [5, 5.41) is 37.2. The second-order valence-corrected chi connectivity index (χ2v) is 9.44. The molecule has 182 valence electrons. The Labute approximate surface area is 225 Å². The third-order valence-electron chi connectivity index (χ3n) is 5.39. The minimum Gasteiger partial charge on any atom is -0.258 e. The number of hydrogen-bond acceptors (Lipinski definition) is 6. The molecule has 0 bridgehead atoms. The van der Waals surface area contributed by atoms with Crippen molar-refractivity contribution < 1.29 is 9.85 Å². The minimum absolute atomic E-state index is 0.121. The summed E-state index contributed by atoms with van der Waals surface area (Å²) >= 11 is 26.0. The smallest absolute Gasteiger partial charge is 0.258 e. The molecule has 4 atom stereocenters. The van der Waals surface area contributed by atoms with Gasteiger partial charge in [0.15, 0.2) is 0 Å². The number of nitro groups is 2. The lowest BCUT2D eigenvalue weighted by Crippen LogP contribution is -2.06. The maximum atomic E-state index is 11.5. The molecular weight excluding hydrogens is 550 g/mol. The second-order valence-electron chi connectivity index (χ2n) is 7.56.